The molecule has 0 aliphatic heterocycles. The molecule has 3 aromatic heterocycles. The third kappa shape index (κ3) is 2.54. The SMILES string of the molecule is FCc1ccccc1-c1ncnc(Nc2n[nH]c3cnccc23)n1. The summed E-state index contributed by atoms with van der Waals surface area (Å²) in [6.45, 7) is -0.582. The van der Waals surface area contributed by atoms with E-state index in [0.717, 1.165) is 10.9 Å². The molecule has 8 heteroatoms. The van der Waals surface area contributed by atoms with Gasteiger partial charge in [-0.2, -0.15) is 10.1 Å². The fourth-order valence-electron chi connectivity index (χ4n) is 2.41. The molecule has 118 valence electrons. The van der Waals surface area contributed by atoms with Gasteiger partial charge in [0, 0.05) is 17.1 Å². The van der Waals surface area contributed by atoms with E-state index in [-0.39, 0.29) is 0 Å². The second kappa shape index (κ2) is 5.99. The van der Waals surface area contributed by atoms with Crippen LogP contribution < -0.4 is 5.32 Å². The molecule has 0 aliphatic rings. The lowest BCUT2D eigenvalue weighted by Crippen LogP contribution is -2.01. The summed E-state index contributed by atoms with van der Waals surface area (Å²) in [6.07, 6.45) is 4.75. The van der Waals surface area contributed by atoms with Crippen LogP contribution >= 0.6 is 0 Å². The van der Waals surface area contributed by atoms with Crippen molar-refractivity contribution in [2.75, 3.05) is 5.32 Å². The van der Waals surface area contributed by atoms with Crippen LogP contribution in [0.2, 0.25) is 0 Å². The monoisotopic (exact) mass is 321 g/mol. The Kier molecular flexibility index (Phi) is 3.54. The van der Waals surface area contributed by atoms with Gasteiger partial charge in [0.15, 0.2) is 11.6 Å². The minimum atomic E-state index is -0.582. The van der Waals surface area contributed by atoms with Gasteiger partial charge in [0.1, 0.15) is 13.0 Å². The van der Waals surface area contributed by atoms with Crippen molar-refractivity contribution < 1.29 is 4.39 Å². The maximum atomic E-state index is 13.1. The first kappa shape index (κ1) is 14.2. The number of H-pyrrole nitrogens is 1. The molecule has 3 heterocycles. The second-order valence-electron chi connectivity index (χ2n) is 5.04. The maximum absolute atomic E-state index is 13.1. The van der Waals surface area contributed by atoms with Crippen molar-refractivity contribution in [2.45, 2.75) is 6.67 Å². The Bertz CT molecular complexity index is 998. The molecule has 0 saturated carbocycles. The number of nitrogens with one attached hydrogen (secondary N) is 2. The Morgan fingerprint density at radius 3 is 2.96 bits per heavy atom. The first-order valence-corrected chi connectivity index (χ1v) is 7.23. The number of rotatable bonds is 4. The highest BCUT2D eigenvalue weighted by Gasteiger charge is 2.11. The van der Waals surface area contributed by atoms with E-state index in [9.17, 15) is 4.39 Å². The van der Waals surface area contributed by atoms with E-state index in [1.807, 2.05) is 12.1 Å². The van der Waals surface area contributed by atoms with Gasteiger partial charge >= 0.3 is 0 Å². The van der Waals surface area contributed by atoms with E-state index >= 15 is 0 Å². The number of fused-ring (bicyclic) bond motifs is 1. The predicted molar refractivity (Wildman–Crippen MR) is 87.2 cm³/mol. The highest BCUT2D eigenvalue weighted by atomic mass is 19.1. The predicted octanol–water partition coefficient (Wildman–Crippen LogP) is 3.02. The van der Waals surface area contributed by atoms with Crippen molar-refractivity contribution in [3.63, 3.8) is 0 Å². The van der Waals surface area contributed by atoms with Gasteiger partial charge in [-0.1, -0.05) is 24.3 Å². The number of hydrogen-bond donors (Lipinski definition) is 2. The molecule has 1 aromatic carbocycles. The number of nitrogens with zero attached hydrogens (tertiary/aromatic N) is 5. The molecule has 0 radical (unpaired) electrons. The minimum absolute atomic E-state index is 0.332. The van der Waals surface area contributed by atoms with E-state index in [0.29, 0.717) is 28.7 Å². The summed E-state index contributed by atoms with van der Waals surface area (Å²) in [4.78, 5) is 16.6. The average molecular weight is 321 g/mol. The Labute approximate surface area is 136 Å². The molecule has 0 spiro atoms. The quantitative estimate of drug-likeness (QED) is 0.600. The summed E-state index contributed by atoms with van der Waals surface area (Å²) in [6, 6.07) is 8.92. The lowest BCUT2D eigenvalue weighted by molar-refractivity contribution is 0.486. The third-order valence-corrected chi connectivity index (χ3v) is 3.57. The van der Waals surface area contributed by atoms with Crippen LogP contribution in [0.25, 0.3) is 22.3 Å². The van der Waals surface area contributed by atoms with E-state index in [2.05, 4.69) is 35.5 Å². The van der Waals surface area contributed by atoms with E-state index in [1.165, 1.54) is 6.33 Å². The van der Waals surface area contributed by atoms with Crippen LogP contribution in [0.1, 0.15) is 5.56 Å². The largest absolute Gasteiger partial charge is 0.307 e. The molecule has 4 rings (SSSR count). The molecule has 0 aliphatic carbocycles. The second-order valence-corrected chi connectivity index (χ2v) is 5.04. The van der Waals surface area contributed by atoms with Gasteiger partial charge in [0.2, 0.25) is 5.95 Å². The number of anilines is 2. The number of benzene rings is 1. The van der Waals surface area contributed by atoms with E-state index < -0.39 is 6.67 Å². The normalized spacial score (nSPS) is 10.9. The molecule has 0 bridgehead atoms. The van der Waals surface area contributed by atoms with Crippen molar-refractivity contribution >= 4 is 22.7 Å². The van der Waals surface area contributed by atoms with Crippen LogP contribution in [0.15, 0.2) is 49.1 Å². The lowest BCUT2D eigenvalue weighted by Gasteiger charge is -2.06. The van der Waals surface area contributed by atoms with Gasteiger partial charge in [-0.05, 0) is 11.6 Å². The minimum Gasteiger partial charge on any atom is -0.307 e. The smallest absolute Gasteiger partial charge is 0.231 e. The molecule has 0 fully saturated rings. The first-order valence-electron chi connectivity index (χ1n) is 7.23. The average Bonchev–Trinajstić information content (AvgIpc) is 3.05. The Balaban J connectivity index is 1.70. The standard InChI is InChI=1S/C16H12FN7/c17-7-10-3-1-2-4-11(10)14-19-9-20-16(21-14)22-15-12-5-6-18-8-13(12)23-24-15/h1-6,8-9H,7H2,(H2,19,20,21,22,23,24). The maximum Gasteiger partial charge on any atom is 0.231 e. The fraction of sp³-hybridized carbons (Fsp3) is 0.0625. The molecule has 0 amide bonds. The molecule has 7 nitrogen and oxygen atoms in total. The molecule has 0 atom stereocenters. The van der Waals surface area contributed by atoms with Gasteiger partial charge in [-0.25, -0.2) is 14.4 Å². The lowest BCUT2D eigenvalue weighted by atomic mass is 10.1. The van der Waals surface area contributed by atoms with Crippen LogP contribution in [0.4, 0.5) is 16.2 Å². The topological polar surface area (TPSA) is 92.3 Å². The van der Waals surface area contributed by atoms with Gasteiger partial charge in [-0.3, -0.25) is 10.1 Å². The molecular weight excluding hydrogens is 309 g/mol. The van der Waals surface area contributed by atoms with Crippen molar-refractivity contribution in [1.29, 1.82) is 0 Å². The molecule has 0 saturated heterocycles. The molecule has 24 heavy (non-hydrogen) atoms. The third-order valence-electron chi connectivity index (χ3n) is 3.57. The van der Waals surface area contributed by atoms with Crippen LogP contribution in [-0.2, 0) is 6.67 Å². The summed E-state index contributed by atoms with van der Waals surface area (Å²) in [5, 5.41) is 11.0. The van der Waals surface area contributed by atoms with Crippen molar-refractivity contribution in [3.8, 4) is 11.4 Å². The zero-order valence-electron chi connectivity index (χ0n) is 12.4. The Hall–Kier alpha value is -3.42. The molecule has 2 N–H and O–H groups in total. The van der Waals surface area contributed by atoms with Crippen LogP contribution in [0.3, 0.4) is 0 Å². The van der Waals surface area contributed by atoms with E-state index in [4.69, 9.17) is 0 Å². The number of hydrogen-bond acceptors (Lipinski definition) is 6. The molecular formula is C16H12FN7. The number of aromatic nitrogens is 6. The van der Waals surface area contributed by atoms with Crippen molar-refractivity contribution in [3.05, 3.63) is 54.6 Å². The summed E-state index contributed by atoms with van der Waals surface area (Å²) in [5.74, 6) is 1.32. The van der Waals surface area contributed by atoms with Gasteiger partial charge in [0.05, 0.1) is 11.7 Å². The van der Waals surface area contributed by atoms with Crippen molar-refractivity contribution in [1.82, 2.24) is 30.1 Å². The molecule has 4 aromatic rings. The van der Waals surface area contributed by atoms with Crippen LogP contribution in [-0.4, -0.2) is 30.1 Å². The summed E-state index contributed by atoms with van der Waals surface area (Å²) in [5.41, 5.74) is 1.98. The van der Waals surface area contributed by atoms with Gasteiger partial charge < -0.3 is 5.32 Å². The van der Waals surface area contributed by atoms with E-state index in [1.54, 1.807) is 30.6 Å². The van der Waals surface area contributed by atoms with Gasteiger partial charge in [0.25, 0.3) is 0 Å². The van der Waals surface area contributed by atoms with Crippen molar-refractivity contribution in [2.24, 2.45) is 0 Å². The molecule has 0 unspecified atom stereocenters. The Morgan fingerprint density at radius 1 is 1.12 bits per heavy atom. The number of aromatic amines is 1. The highest BCUT2D eigenvalue weighted by Crippen LogP contribution is 2.24. The zero-order valence-corrected chi connectivity index (χ0v) is 12.4. The Morgan fingerprint density at radius 2 is 2.04 bits per heavy atom. The van der Waals surface area contributed by atoms with Crippen LogP contribution in [0, 0.1) is 0 Å². The number of halogens is 1. The zero-order chi connectivity index (χ0) is 16.4. The fourth-order valence-corrected chi connectivity index (χ4v) is 2.41. The summed E-state index contributed by atoms with van der Waals surface area (Å²) >= 11 is 0. The first-order chi connectivity index (χ1) is 11.8. The number of pyridine rings is 1. The summed E-state index contributed by atoms with van der Waals surface area (Å²) in [7, 11) is 0. The summed E-state index contributed by atoms with van der Waals surface area (Å²) < 4.78 is 13.1. The van der Waals surface area contributed by atoms with Crippen LogP contribution in [0.5, 0.6) is 0 Å². The highest BCUT2D eigenvalue weighted by molar-refractivity contribution is 5.90. The number of alkyl halides is 1. The van der Waals surface area contributed by atoms with Gasteiger partial charge in [-0.15, -0.1) is 0 Å².